The zero-order valence-electron chi connectivity index (χ0n) is 20.8. The van der Waals surface area contributed by atoms with Crippen LogP contribution in [0, 0.1) is 29.6 Å². The molecule has 7 heteroatoms. The molecule has 35 heavy (non-hydrogen) atoms. The fraction of sp³-hybridized carbons (Fsp3) is 0.464. The minimum Gasteiger partial charge on any atom is -0.394 e. The van der Waals surface area contributed by atoms with Crippen LogP contribution in [0.1, 0.15) is 27.2 Å². The number of nitrogens with one attached hydrogen (secondary N) is 2. The molecule has 3 N–H and O–H groups in total. The standard InChI is InChI=1S/C28H35N3O4/c1-16(2)13-21(15-32)31-25(22-12-9-17(3)23(26(33)29-4)24(22)28(31)35)27(34)30-20-11-10-18-7-5-6-8-19(18)14-20/h5-12,14,16-17,21-25,32H,13,15H2,1-4H3,(H,29,33)(H,30,34)/t17-,21-,22+,23-,24+,25+/m1/s1. The summed E-state index contributed by atoms with van der Waals surface area (Å²) in [6.07, 6.45) is 4.41. The van der Waals surface area contributed by atoms with Crippen LogP contribution in [0.3, 0.4) is 0 Å². The Morgan fingerprint density at radius 3 is 2.43 bits per heavy atom. The molecule has 0 spiro atoms. The summed E-state index contributed by atoms with van der Waals surface area (Å²) >= 11 is 0. The van der Waals surface area contributed by atoms with Crippen molar-refractivity contribution in [1.29, 1.82) is 0 Å². The molecule has 186 valence electrons. The van der Waals surface area contributed by atoms with Crippen molar-refractivity contribution in [2.24, 2.45) is 29.6 Å². The summed E-state index contributed by atoms with van der Waals surface area (Å²) in [5.74, 6) is -2.34. The van der Waals surface area contributed by atoms with Gasteiger partial charge in [-0.15, -0.1) is 0 Å². The quantitative estimate of drug-likeness (QED) is 0.534. The predicted molar refractivity (Wildman–Crippen MR) is 136 cm³/mol. The Morgan fingerprint density at radius 1 is 1.06 bits per heavy atom. The van der Waals surface area contributed by atoms with Gasteiger partial charge in [0.1, 0.15) is 6.04 Å². The Kier molecular flexibility index (Phi) is 7.26. The van der Waals surface area contributed by atoms with E-state index >= 15 is 0 Å². The Hall–Kier alpha value is -3.19. The van der Waals surface area contributed by atoms with E-state index < -0.39 is 29.8 Å². The normalized spacial score (nSPS) is 26.6. The third kappa shape index (κ3) is 4.69. The first-order valence-electron chi connectivity index (χ1n) is 12.4. The SMILES string of the molecule is CNC(=O)[C@H]1[C@H]2C(=O)N([C@@H](CO)CC(C)C)[C@H](C(=O)Nc3ccc4ccccc4c3)[C@H]2C=C[C@H]1C. The number of carbonyl (C=O) groups is 3. The Balaban J connectivity index is 1.72. The van der Waals surface area contributed by atoms with Crippen LogP contribution in [-0.4, -0.2) is 53.5 Å². The number of aliphatic hydroxyl groups excluding tert-OH is 1. The number of fused-ring (bicyclic) bond motifs is 2. The van der Waals surface area contributed by atoms with Crippen molar-refractivity contribution in [3.8, 4) is 0 Å². The van der Waals surface area contributed by atoms with E-state index in [2.05, 4.69) is 10.6 Å². The molecule has 0 saturated carbocycles. The molecule has 3 amide bonds. The fourth-order valence-electron chi connectivity index (χ4n) is 5.80. The summed E-state index contributed by atoms with van der Waals surface area (Å²) in [6, 6.07) is 12.3. The van der Waals surface area contributed by atoms with Gasteiger partial charge in [0.25, 0.3) is 0 Å². The highest BCUT2D eigenvalue weighted by atomic mass is 16.3. The van der Waals surface area contributed by atoms with E-state index in [4.69, 9.17) is 0 Å². The van der Waals surface area contributed by atoms with Crippen molar-refractivity contribution in [1.82, 2.24) is 10.2 Å². The average Bonchev–Trinajstić information content (AvgIpc) is 3.14. The molecule has 0 aromatic heterocycles. The van der Waals surface area contributed by atoms with Gasteiger partial charge in [-0.05, 0) is 41.2 Å². The highest BCUT2D eigenvalue weighted by Crippen LogP contribution is 2.45. The highest BCUT2D eigenvalue weighted by Gasteiger charge is 2.58. The number of allylic oxidation sites excluding steroid dienone is 1. The van der Waals surface area contributed by atoms with E-state index in [1.807, 2.05) is 75.4 Å². The molecule has 0 unspecified atom stereocenters. The first-order valence-corrected chi connectivity index (χ1v) is 12.4. The van der Waals surface area contributed by atoms with Crippen LogP contribution in [0.15, 0.2) is 54.6 Å². The third-order valence-corrected chi connectivity index (χ3v) is 7.39. The highest BCUT2D eigenvalue weighted by molar-refractivity contribution is 6.03. The Bertz CT molecular complexity index is 1140. The fourth-order valence-corrected chi connectivity index (χ4v) is 5.80. The topological polar surface area (TPSA) is 98.7 Å². The molecular formula is C28H35N3O4. The predicted octanol–water partition coefficient (Wildman–Crippen LogP) is 3.20. The molecule has 1 heterocycles. The number of likely N-dealkylation sites (tertiary alicyclic amines) is 1. The first-order chi connectivity index (χ1) is 16.8. The van der Waals surface area contributed by atoms with Crippen molar-refractivity contribution in [3.05, 3.63) is 54.6 Å². The largest absolute Gasteiger partial charge is 0.394 e. The third-order valence-electron chi connectivity index (χ3n) is 7.39. The lowest BCUT2D eigenvalue weighted by atomic mass is 9.70. The molecule has 2 aromatic carbocycles. The molecule has 1 aliphatic carbocycles. The van der Waals surface area contributed by atoms with E-state index in [1.54, 1.807) is 11.9 Å². The lowest BCUT2D eigenvalue weighted by Gasteiger charge is -2.34. The number of hydrogen-bond donors (Lipinski definition) is 3. The molecule has 1 saturated heterocycles. The molecular weight excluding hydrogens is 442 g/mol. The number of benzene rings is 2. The molecule has 0 radical (unpaired) electrons. The summed E-state index contributed by atoms with van der Waals surface area (Å²) in [7, 11) is 1.57. The number of aliphatic hydroxyl groups is 1. The first kappa shape index (κ1) is 24.9. The maximum atomic E-state index is 13.9. The summed E-state index contributed by atoms with van der Waals surface area (Å²) in [4.78, 5) is 42.0. The van der Waals surface area contributed by atoms with Crippen LogP contribution in [-0.2, 0) is 14.4 Å². The monoisotopic (exact) mass is 477 g/mol. The van der Waals surface area contributed by atoms with Crippen LogP contribution in [0.2, 0.25) is 0 Å². The van der Waals surface area contributed by atoms with E-state index in [9.17, 15) is 19.5 Å². The molecule has 0 bridgehead atoms. The van der Waals surface area contributed by atoms with E-state index in [-0.39, 0.29) is 36.2 Å². The Morgan fingerprint density at radius 2 is 1.77 bits per heavy atom. The minimum atomic E-state index is -0.814. The van der Waals surface area contributed by atoms with Crippen molar-refractivity contribution in [2.75, 3.05) is 19.0 Å². The number of nitrogens with zero attached hydrogens (tertiary/aromatic N) is 1. The minimum absolute atomic E-state index is 0.137. The molecule has 1 fully saturated rings. The number of carbonyl (C=O) groups excluding carboxylic acids is 3. The summed E-state index contributed by atoms with van der Waals surface area (Å²) < 4.78 is 0. The number of hydrogen-bond acceptors (Lipinski definition) is 4. The van der Waals surface area contributed by atoms with Gasteiger partial charge in [-0.25, -0.2) is 0 Å². The van der Waals surface area contributed by atoms with Crippen molar-refractivity contribution >= 4 is 34.2 Å². The van der Waals surface area contributed by atoms with Gasteiger partial charge in [-0.1, -0.05) is 63.3 Å². The van der Waals surface area contributed by atoms with Gasteiger partial charge in [-0.2, -0.15) is 0 Å². The van der Waals surface area contributed by atoms with Crippen LogP contribution >= 0.6 is 0 Å². The zero-order chi connectivity index (χ0) is 25.3. The maximum Gasteiger partial charge on any atom is 0.247 e. The molecule has 2 aromatic rings. The van der Waals surface area contributed by atoms with Crippen LogP contribution in [0.4, 0.5) is 5.69 Å². The smallest absolute Gasteiger partial charge is 0.247 e. The van der Waals surface area contributed by atoms with Gasteiger partial charge in [-0.3, -0.25) is 14.4 Å². The number of anilines is 1. The van der Waals surface area contributed by atoms with Gasteiger partial charge in [0.2, 0.25) is 17.7 Å². The van der Waals surface area contributed by atoms with Crippen LogP contribution < -0.4 is 10.6 Å². The summed E-state index contributed by atoms with van der Waals surface area (Å²) in [5.41, 5.74) is 0.643. The lowest BCUT2D eigenvalue weighted by molar-refractivity contribution is -0.142. The maximum absolute atomic E-state index is 13.9. The summed E-state index contributed by atoms with van der Waals surface area (Å²) in [6.45, 7) is 5.73. The van der Waals surface area contributed by atoms with E-state index in [1.165, 1.54) is 0 Å². The van der Waals surface area contributed by atoms with Gasteiger partial charge in [0, 0.05) is 18.7 Å². The molecule has 1 aliphatic heterocycles. The molecule has 4 rings (SSSR count). The second-order valence-corrected chi connectivity index (χ2v) is 10.2. The van der Waals surface area contributed by atoms with Crippen LogP contribution in [0.5, 0.6) is 0 Å². The van der Waals surface area contributed by atoms with Crippen molar-refractivity contribution in [2.45, 2.75) is 39.3 Å². The van der Waals surface area contributed by atoms with Crippen LogP contribution in [0.25, 0.3) is 10.8 Å². The number of rotatable bonds is 7. The number of amides is 3. The lowest BCUT2D eigenvalue weighted by Crippen LogP contribution is -2.51. The van der Waals surface area contributed by atoms with Gasteiger partial charge < -0.3 is 20.6 Å². The van der Waals surface area contributed by atoms with E-state index in [0.717, 1.165) is 10.8 Å². The second kappa shape index (κ2) is 10.2. The molecule has 2 aliphatic rings. The second-order valence-electron chi connectivity index (χ2n) is 10.2. The summed E-state index contributed by atoms with van der Waals surface area (Å²) in [5, 5.41) is 18.0. The molecule has 6 atom stereocenters. The average molecular weight is 478 g/mol. The van der Waals surface area contributed by atoms with Gasteiger partial charge in [0.05, 0.1) is 24.5 Å². The van der Waals surface area contributed by atoms with Gasteiger partial charge >= 0.3 is 0 Å². The van der Waals surface area contributed by atoms with E-state index in [0.29, 0.717) is 12.1 Å². The Labute approximate surface area is 206 Å². The van der Waals surface area contributed by atoms with Crippen molar-refractivity contribution < 1.29 is 19.5 Å². The molecule has 7 nitrogen and oxygen atoms in total. The van der Waals surface area contributed by atoms with Crippen molar-refractivity contribution in [3.63, 3.8) is 0 Å². The van der Waals surface area contributed by atoms with Gasteiger partial charge in [0.15, 0.2) is 0 Å². The zero-order valence-corrected chi connectivity index (χ0v) is 20.8.